The summed E-state index contributed by atoms with van der Waals surface area (Å²) in [5.41, 5.74) is 5.77. The van der Waals surface area contributed by atoms with Gasteiger partial charge in [0.15, 0.2) is 0 Å². The zero-order valence-electron chi connectivity index (χ0n) is 11.8. The van der Waals surface area contributed by atoms with E-state index in [1.165, 1.54) is 19.4 Å². The van der Waals surface area contributed by atoms with E-state index in [-0.39, 0.29) is 5.92 Å². The number of hydrogen-bond donors (Lipinski definition) is 1. The predicted molar refractivity (Wildman–Crippen MR) is 73.2 cm³/mol. The van der Waals surface area contributed by atoms with Gasteiger partial charge in [-0.15, -0.1) is 0 Å². The molecule has 2 rings (SSSR count). The smallest absolute Gasteiger partial charge is 0.225 e. The van der Waals surface area contributed by atoms with E-state index in [1.807, 2.05) is 11.9 Å². The molecule has 0 aromatic rings. The van der Waals surface area contributed by atoms with Gasteiger partial charge in [-0.3, -0.25) is 4.79 Å². The summed E-state index contributed by atoms with van der Waals surface area (Å²) < 4.78 is 0. The summed E-state index contributed by atoms with van der Waals surface area (Å²) in [5, 5.41) is 0. The van der Waals surface area contributed by atoms with Crippen LogP contribution in [0.25, 0.3) is 0 Å². The maximum Gasteiger partial charge on any atom is 0.225 e. The lowest BCUT2D eigenvalue weighted by molar-refractivity contribution is -0.135. The fourth-order valence-corrected chi connectivity index (χ4v) is 3.54. The summed E-state index contributed by atoms with van der Waals surface area (Å²) in [4.78, 5) is 16.8. The molecule has 1 amide bonds. The van der Waals surface area contributed by atoms with Crippen molar-refractivity contribution in [1.29, 1.82) is 0 Å². The largest absolute Gasteiger partial charge is 0.344 e. The Morgan fingerprint density at radius 3 is 2.72 bits per heavy atom. The Hall–Kier alpha value is -0.610. The molecular weight excluding hydrogens is 226 g/mol. The predicted octanol–water partition coefficient (Wildman–Crippen LogP) is 0.914. The molecule has 0 radical (unpaired) electrons. The molecule has 3 atom stereocenters. The molecule has 0 aromatic heterocycles. The van der Waals surface area contributed by atoms with Crippen LogP contribution in [0.2, 0.25) is 0 Å². The van der Waals surface area contributed by atoms with Crippen LogP contribution in [0.1, 0.15) is 32.1 Å². The van der Waals surface area contributed by atoms with E-state index in [0.29, 0.717) is 24.4 Å². The van der Waals surface area contributed by atoms with Crippen LogP contribution in [0, 0.1) is 11.8 Å². The lowest BCUT2D eigenvalue weighted by atomic mass is 9.94. The van der Waals surface area contributed by atoms with Crippen molar-refractivity contribution in [2.24, 2.45) is 17.6 Å². The van der Waals surface area contributed by atoms with Crippen LogP contribution in [-0.4, -0.2) is 55.5 Å². The van der Waals surface area contributed by atoms with Crippen LogP contribution in [0.5, 0.6) is 0 Å². The standard InChI is InChI=1S/C14H27N3O/c1-16-8-4-6-12(16)10-17(2)14(18)13-7-3-5-11(13)9-15/h11-13H,3-10,15H2,1-2H3. The molecule has 4 nitrogen and oxygen atoms in total. The number of carbonyl (C=O) groups excluding carboxylic acids is 1. The van der Waals surface area contributed by atoms with Gasteiger partial charge in [-0.25, -0.2) is 0 Å². The highest BCUT2D eigenvalue weighted by molar-refractivity contribution is 5.79. The number of nitrogens with zero attached hydrogens (tertiary/aromatic N) is 2. The first-order valence-corrected chi connectivity index (χ1v) is 7.28. The number of likely N-dealkylation sites (tertiary alicyclic amines) is 1. The van der Waals surface area contributed by atoms with Crippen molar-refractivity contribution in [2.45, 2.75) is 38.1 Å². The van der Waals surface area contributed by atoms with Crippen molar-refractivity contribution < 1.29 is 4.79 Å². The second kappa shape index (κ2) is 6.02. The fraction of sp³-hybridized carbons (Fsp3) is 0.929. The van der Waals surface area contributed by atoms with Gasteiger partial charge in [0.2, 0.25) is 5.91 Å². The van der Waals surface area contributed by atoms with E-state index < -0.39 is 0 Å². The summed E-state index contributed by atoms with van der Waals surface area (Å²) in [6.07, 6.45) is 5.81. The first kappa shape index (κ1) is 13.8. The summed E-state index contributed by atoms with van der Waals surface area (Å²) in [7, 11) is 4.12. The van der Waals surface area contributed by atoms with E-state index in [4.69, 9.17) is 5.73 Å². The van der Waals surface area contributed by atoms with Gasteiger partial charge in [0.05, 0.1) is 0 Å². The van der Waals surface area contributed by atoms with Crippen molar-refractivity contribution in [1.82, 2.24) is 9.80 Å². The van der Waals surface area contributed by atoms with E-state index in [9.17, 15) is 4.79 Å². The Morgan fingerprint density at radius 1 is 1.33 bits per heavy atom. The molecule has 1 aliphatic carbocycles. The van der Waals surface area contributed by atoms with Crippen LogP contribution in [0.15, 0.2) is 0 Å². The van der Waals surface area contributed by atoms with Crippen molar-refractivity contribution in [3.63, 3.8) is 0 Å². The number of carbonyl (C=O) groups is 1. The number of rotatable bonds is 4. The summed E-state index contributed by atoms with van der Waals surface area (Å²) in [6, 6.07) is 0.552. The third-order valence-corrected chi connectivity index (χ3v) is 4.81. The fourth-order valence-electron chi connectivity index (χ4n) is 3.54. The first-order chi connectivity index (χ1) is 8.63. The molecule has 18 heavy (non-hydrogen) atoms. The van der Waals surface area contributed by atoms with E-state index in [2.05, 4.69) is 11.9 Å². The van der Waals surface area contributed by atoms with E-state index >= 15 is 0 Å². The molecule has 4 heteroatoms. The minimum Gasteiger partial charge on any atom is -0.344 e. The topological polar surface area (TPSA) is 49.6 Å². The van der Waals surface area contributed by atoms with Gasteiger partial charge in [0, 0.05) is 25.6 Å². The average molecular weight is 253 g/mol. The Bertz CT molecular complexity index is 295. The maximum atomic E-state index is 12.5. The zero-order valence-corrected chi connectivity index (χ0v) is 11.8. The third-order valence-electron chi connectivity index (χ3n) is 4.81. The maximum absolute atomic E-state index is 12.5. The molecule has 1 heterocycles. The molecule has 0 spiro atoms. The highest BCUT2D eigenvalue weighted by atomic mass is 16.2. The molecule has 0 bridgehead atoms. The molecular formula is C14H27N3O. The van der Waals surface area contributed by atoms with Gasteiger partial charge in [-0.1, -0.05) is 6.42 Å². The minimum absolute atomic E-state index is 0.187. The Labute approximate surface area is 110 Å². The molecule has 2 N–H and O–H groups in total. The zero-order chi connectivity index (χ0) is 13.1. The van der Waals surface area contributed by atoms with Crippen LogP contribution in [0.4, 0.5) is 0 Å². The van der Waals surface area contributed by atoms with Gasteiger partial charge in [-0.2, -0.15) is 0 Å². The van der Waals surface area contributed by atoms with Crippen LogP contribution in [-0.2, 0) is 4.79 Å². The van der Waals surface area contributed by atoms with Crippen molar-refractivity contribution in [2.75, 3.05) is 33.7 Å². The van der Waals surface area contributed by atoms with Gasteiger partial charge in [-0.05, 0) is 51.7 Å². The second-order valence-electron chi connectivity index (χ2n) is 6.03. The summed E-state index contributed by atoms with van der Waals surface area (Å²) >= 11 is 0. The van der Waals surface area contributed by atoms with Crippen LogP contribution in [0.3, 0.4) is 0 Å². The van der Waals surface area contributed by atoms with E-state index in [0.717, 1.165) is 25.8 Å². The number of nitrogens with two attached hydrogens (primary N) is 1. The Morgan fingerprint density at radius 2 is 2.11 bits per heavy atom. The highest BCUT2D eigenvalue weighted by Crippen LogP contribution is 2.32. The molecule has 2 aliphatic rings. The van der Waals surface area contributed by atoms with Gasteiger partial charge in [0.1, 0.15) is 0 Å². The second-order valence-corrected chi connectivity index (χ2v) is 6.03. The third kappa shape index (κ3) is 2.86. The molecule has 3 unspecified atom stereocenters. The average Bonchev–Trinajstić information content (AvgIpc) is 2.97. The highest BCUT2D eigenvalue weighted by Gasteiger charge is 2.34. The van der Waals surface area contributed by atoms with Gasteiger partial charge < -0.3 is 15.5 Å². The summed E-state index contributed by atoms with van der Waals surface area (Å²) in [5.74, 6) is 0.927. The van der Waals surface area contributed by atoms with Crippen LogP contribution >= 0.6 is 0 Å². The minimum atomic E-state index is 0.187. The van der Waals surface area contributed by atoms with Crippen molar-refractivity contribution >= 4 is 5.91 Å². The van der Waals surface area contributed by atoms with Crippen molar-refractivity contribution in [3.8, 4) is 0 Å². The van der Waals surface area contributed by atoms with Gasteiger partial charge in [0.25, 0.3) is 0 Å². The normalized spacial score (nSPS) is 32.9. The van der Waals surface area contributed by atoms with E-state index in [1.54, 1.807) is 0 Å². The van der Waals surface area contributed by atoms with Crippen molar-refractivity contribution in [3.05, 3.63) is 0 Å². The SMILES string of the molecule is CN(CC1CCCN1C)C(=O)C1CCCC1CN. The Balaban J connectivity index is 1.88. The quantitative estimate of drug-likeness (QED) is 0.810. The molecule has 104 valence electrons. The van der Waals surface area contributed by atoms with Gasteiger partial charge >= 0.3 is 0 Å². The molecule has 2 fully saturated rings. The number of likely N-dealkylation sites (N-methyl/N-ethyl adjacent to an activating group) is 2. The first-order valence-electron chi connectivity index (χ1n) is 7.28. The molecule has 1 saturated carbocycles. The molecule has 0 aromatic carbocycles. The Kier molecular flexibility index (Phi) is 4.62. The lowest BCUT2D eigenvalue weighted by Crippen LogP contribution is -2.43. The molecule has 1 saturated heterocycles. The summed E-state index contributed by atoms with van der Waals surface area (Å²) in [6.45, 7) is 2.71. The number of hydrogen-bond acceptors (Lipinski definition) is 3. The molecule has 1 aliphatic heterocycles. The number of amides is 1. The lowest BCUT2D eigenvalue weighted by Gasteiger charge is -2.29. The van der Waals surface area contributed by atoms with Crippen LogP contribution < -0.4 is 5.73 Å². The monoisotopic (exact) mass is 253 g/mol.